The molecule has 0 aromatic carbocycles. The molecule has 0 spiro atoms. The smallest absolute Gasteiger partial charge is 0.160 e. The summed E-state index contributed by atoms with van der Waals surface area (Å²) in [6.45, 7) is 4.41. The van der Waals surface area contributed by atoms with Gasteiger partial charge in [-0.15, -0.1) is 0 Å². The summed E-state index contributed by atoms with van der Waals surface area (Å²) >= 11 is 0. The maximum Gasteiger partial charge on any atom is 0.160 e. The van der Waals surface area contributed by atoms with E-state index < -0.39 is 12.1 Å². The highest BCUT2D eigenvalue weighted by Crippen LogP contribution is 2.19. The molecule has 2 unspecified atom stereocenters. The van der Waals surface area contributed by atoms with Crippen LogP contribution in [0.3, 0.4) is 0 Å². The molecule has 5 nitrogen and oxygen atoms in total. The minimum absolute atomic E-state index is 0.478. The molecule has 16 heavy (non-hydrogen) atoms. The van der Waals surface area contributed by atoms with Crippen molar-refractivity contribution in [2.24, 2.45) is 5.73 Å². The first-order valence-electron chi connectivity index (χ1n) is 5.40. The third-order valence-corrected chi connectivity index (χ3v) is 2.67. The number of aliphatic hydroxyl groups excluding tert-OH is 1. The summed E-state index contributed by atoms with van der Waals surface area (Å²) in [6, 6.07) is 3.26. The highest BCUT2D eigenvalue weighted by molar-refractivity contribution is 5.71. The van der Waals surface area contributed by atoms with Gasteiger partial charge in [0.15, 0.2) is 5.65 Å². The van der Waals surface area contributed by atoms with Gasteiger partial charge in [0.2, 0.25) is 0 Å². The molecule has 2 atom stereocenters. The Bertz CT molecular complexity index is 492. The third kappa shape index (κ3) is 1.68. The fourth-order valence-electron chi connectivity index (χ4n) is 1.76. The van der Waals surface area contributed by atoms with E-state index in [0.29, 0.717) is 5.82 Å². The van der Waals surface area contributed by atoms with Crippen LogP contribution >= 0.6 is 0 Å². The standard InChI is InChI=1S/C11H16N4O/c1-3-15-10-8(5-4-6-13-10)14-11(15)9(12)7(2)16/h4-7,9,16H,3,12H2,1-2H3. The van der Waals surface area contributed by atoms with Gasteiger partial charge in [-0.25, -0.2) is 9.97 Å². The van der Waals surface area contributed by atoms with Crippen molar-refractivity contribution in [3.8, 4) is 0 Å². The number of hydrogen-bond acceptors (Lipinski definition) is 4. The van der Waals surface area contributed by atoms with E-state index in [4.69, 9.17) is 5.73 Å². The number of rotatable bonds is 3. The first-order chi connectivity index (χ1) is 7.65. The lowest BCUT2D eigenvalue weighted by Crippen LogP contribution is -2.26. The summed E-state index contributed by atoms with van der Waals surface area (Å²) in [5.41, 5.74) is 7.55. The second-order valence-corrected chi connectivity index (χ2v) is 3.83. The van der Waals surface area contributed by atoms with Crippen molar-refractivity contribution < 1.29 is 5.11 Å². The van der Waals surface area contributed by atoms with Crippen LogP contribution in [0.5, 0.6) is 0 Å². The summed E-state index contributed by atoms with van der Waals surface area (Å²) < 4.78 is 1.94. The van der Waals surface area contributed by atoms with Gasteiger partial charge in [-0.2, -0.15) is 0 Å². The summed E-state index contributed by atoms with van der Waals surface area (Å²) in [5.74, 6) is 0.686. The summed E-state index contributed by atoms with van der Waals surface area (Å²) in [7, 11) is 0. The van der Waals surface area contributed by atoms with Gasteiger partial charge in [-0.05, 0) is 26.0 Å². The van der Waals surface area contributed by atoms with Crippen molar-refractivity contribution in [3.63, 3.8) is 0 Å². The first kappa shape index (κ1) is 11.0. The number of aliphatic hydroxyl groups is 1. The van der Waals surface area contributed by atoms with Crippen molar-refractivity contribution in [1.29, 1.82) is 0 Å². The van der Waals surface area contributed by atoms with Crippen molar-refractivity contribution in [2.45, 2.75) is 32.5 Å². The fraction of sp³-hybridized carbons (Fsp3) is 0.455. The molecule has 86 valence electrons. The molecule has 2 aromatic heterocycles. The van der Waals surface area contributed by atoms with Crippen LogP contribution < -0.4 is 5.73 Å². The van der Waals surface area contributed by atoms with Crippen LogP contribution in [0.4, 0.5) is 0 Å². The zero-order valence-electron chi connectivity index (χ0n) is 9.46. The Morgan fingerprint density at radius 1 is 1.56 bits per heavy atom. The minimum atomic E-state index is -0.623. The Morgan fingerprint density at radius 3 is 2.94 bits per heavy atom. The molecule has 0 amide bonds. The zero-order chi connectivity index (χ0) is 11.7. The molecule has 0 saturated carbocycles. The molecule has 5 heteroatoms. The van der Waals surface area contributed by atoms with Gasteiger partial charge in [0, 0.05) is 12.7 Å². The van der Waals surface area contributed by atoms with Crippen molar-refractivity contribution in [1.82, 2.24) is 14.5 Å². The van der Waals surface area contributed by atoms with Gasteiger partial charge < -0.3 is 15.4 Å². The van der Waals surface area contributed by atoms with Gasteiger partial charge in [-0.3, -0.25) is 0 Å². The molecular formula is C11H16N4O. The van der Waals surface area contributed by atoms with E-state index in [0.717, 1.165) is 17.7 Å². The molecule has 2 heterocycles. The molecule has 0 saturated heterocycles. The Hall–Kier alpha value is -1.46. The van der Waals surface area contributed by atoms with E-state index >= 15 is 0 Å². The van der Waals surface area contributed by atoms with Gasteiger partial charge in [0.25, 0.3) is 0 Å². The fourth-order valence-corrected chi connectivity index (χ4v) is 1.76. The average Bonchev–Trinajstić information content (AvgIpc) is 2.65. The minimum Gasteiger partial charge on any atom is -0.391 e. The predicted molar refractivity (Wildman–Crippen MR) is 61.8 cm³/mol. The van der Waals surface area contributed by atoms with Gasteiger partial charge in [-0.1, -0.05) is 0 Å². The SMILES string of the molecule is CCn1c(C(N)C(C)O)nc2cccnc21. The molecule has 0 aliphatic rings. The molecule has 0 fully saturated rings. The van der Waals surface area contributed by atoms with Gasteiger partial charge >= 0.3 is 0 Å². The largest absolute Gasteiger partial charge is 0.391 e. The third-order valence-electron chi connectivity index (χ3n) is 2.67. The normalized spacial score (nSPS) is 15.2. The number of aromatic nitrogens is 3. The lowest BCUT2D eigenvalue weighted by molar-refractivity contribution is 0.159. The van der Waals surface area contributed by atoms with Crippen LogP contribution in [-0.2, 0) is 6.54 Å². The maximum absolute atomic E-state index is 9.52. The van der Waals surface area contributed by atoms with E-state index in [9.17, 15) is 5.11 Å². The van der Waals surface area contributed by atoms with E-state index in [1.54, 1.807) is 13.1 Å². The highest BCUT2D eigenvalue weighted by Gasteiger charge is 2.20. The molecule has 2 aromatic rings. The highest BCUT2D eigenvalue weighted by atomic mass is 16.3. The predicted octanol–water partition coefficient (Wildman–Crippen LogP) is 0.832. The van der Waals surface area contributed by atoms with E-state index in [1.165, 1.54) is 0 Å². The van der Waals surface area contributed by atoms with Crippen LogP contribution in [0.1, 0.15) is 25.7 Å². The van der Waals surface area contributed by atoms with Crippen molar-refractivity contribution >= 4 is 11.2 Å². The van der Waals surface area contributed by atoms with E-state index in [-0.39, 0.29) is 0 Å². The molecule has 2 rings (SSSR count). The van der Waals surface area contributed by atoms with Crippen molar-refractivity contribution in [3.05, 3.63) is 24.2 Å². The molecule has 0 aliphatic carbocycles. The second-order valence-electron chi connectivity index (χ2n) is 3.83. The van der Waals surface area contributed by atoms with Crippen LogP contribution in [0, 0.1) is 0 Å². The number of imidazole rings is 1. The Labute approximate surface area is 93.9 Å². The summed E-state index contributed by atoms with van der Waals surface area (Å²) in [6.07, 6.45) is 1.11. The number of nitrogens with two attached hydrogens (primary N) is 1. The Kier molecular flexibility index (Phi) is 2.89. The summed E-state index contributed by atoms with van der Waals surface area (Å²) in [5, 5.41) is 9.52. The van der Waals surface area contributed by atoms with E-state index in [1.807, 2.05) is 23.6 Å². The topological polar surface area (TPSA) is 77.0 Å². The Balaban J connectivity index is 2.60. The Morgan fingerprint density at radius 2 is 2.31 bits per heavy atom. The first-order valence-corrected chi connectivity index (χ1v) is 5.40. The van der Waals surface area contributed by atoms with E-state index in [2.05, 4.69) is 9.97 Å². The molecule has 0 radical (unpaired) electrons. The molecule has 0 aliphatic heterocycles. The summed E-state index contributed by atoms with van der Waals surface area (Å²) in [4.78, 5) is 8.70. The number of nitrogens with zero attached hydrogens (tertiary/aromatic N) is 3. The lowest BCUT2D eigenvalue weighted by atomic mass is 10.2. The van der Waals surface area contributed by atoms with Crippen molar-refractivity contribution in [2.75, 3.05) is 0 Å². The van der Waals surface area contributed by atoms with Crippen LogP contribution in [0.25, 0.3) is 11.2 Å². The second kappa shape index (κ2) is 4.19. The quantitative estimate of drug-likeness (QED) is 0.803. The van der Waals surface area contributed by atoms with Gasteiger partial charge in [0.05, 0.1) is 12.1 Å². The maximum atomic E-state index is 9.52. The number of hydrogen-bond donors (Lipinski definition) is 2. The monoisotopic (exact) mass is 220 g/mol. The lowest BCUT2D eigenvalue weighted by Gasteiger charge is -2.15. The number of fused-ring (bicyclic) bond motifs is 1. The van der Waals surface area contributed by atoms with Crippen LogP contribution in [0.2, 0.25) is 0 Å². The average molecular weight is 220 g/mol. The molecule has 3 N–H and O–H groups in total. The van der Waals surface area contributed by atoms with Gasteiger partial charge in [0.1, 0.15) is 11.3 Å². The number of aryl methyl sites for hydroxylation is 1. The van der Waals surface area contributed by atoms with Crippen LogP contribution in [-0.4, -0.2) is 25.7 Å². The molecular weight excluding hydrogens is 204 g/mol. The van der Waals surface area contributed by atoms with Crippen LogP contribution in [0.15, 0.2) is 18.3 Å². The zero-order valence-corrected chi connectivity index (χ0v) is 9.46. The number of pyridine rings is 1. The molecule has 0 bridgehead atoms.